The third-order valence-electron chi connectivity index (χ3n) is 3.10. The Labute approximate surface area is 116 Å². The number of morpholine rings is 1. The van der Waals surface area contributed by atoms with Crippen LogP contribution in [0.15, 0.2) is 12.4 Å². The van der Waals surface area contributed by atoms with E-state index in [1.165, 1.54) is 4.90 Å². The monoisotopic (exact) mass is 282 g/mol. The molecular weight excluding hydrogens is 264 g/mol. The van der Waals surface area contributed by atoms with Crippen molar-refractivity contribution in [2.24, 2.45) is 0 Å². The number of urea groups is 1. The van der Waals surface area contributed by atoms with Crippen molar-refractivity contribution in [3.63, 3.8) is 0 Å². The van der Waals surface area contributed by atoms with Gasteiger partial charge in [-0.05, 0) is 6.42 Å². The van der Waals surface area contributed by atoms with Crippen LogP contribution in [-0.4, -0.2) is 64.3 Å². The van der Waals surface area contributed by atoms with Crippen LogP contribution in [0.2, 0.25) is 0 Å². The largest absolute Gasteiger partial charge is 0.480 e. The highest BCUT2D eigenvalue weighted by Gasteiger charge is 2.32. The number of carboxylic acids is 1. The van der Waals surface area contributed by atoms with Gasteiger partial charge < -0.3 is 25.0 Å². The number of amides is 2. The van der Waals surface area contributed by atoms with Gasteiger partial charge in [-0.1, -0.05) is 0 Å². The number of carbonyl (C=O) groups excluding carboxylic acids is 1. The van der Waals surface area contributed by atoms with Gasteiger partial charge in [-0.15, -0.1) is 0 Å². The maximum Gasteiger partial charge on any atom is 0.328 e. The van der Waals surface area contributed by atoms with Gasteiger partial charge in [-0.3, -0.25) is 0 Å². The minimum Gasteiger partial charge on any atom is -0.480 e. The van der Waals surface area contributed by atoms with Crippen molar-refractivity contribution in [3.8, 4) is 0 Å². The number of aromatic amines is 1. The quantitative estimate of drug-likeness (QED) is 0.650. The fourth-order valence-electron chi connectivity index (χ4n) is 2.04. The van der Waals surface area contributed by atoms with Crippen LogP contribution in [0.25, 0.3) is 0 Å². The summed E-state index contributed by atoms with van der Waals surface area (Å²) in [6, 6.07) is -1.27. The molecule has 8 nitrogen and oxygen atoms in total. The highest BCUT2D eigenvalue weighted by atomic mass is 16.5. The highest BCUT2D eigenvalue weighted by molar-refractivity contribution is 5.82. The number of rotatable bonds is 5. The maximum atomic E-state index is 11.9. The molecule has 20 heavy (non-hydrogen) atoms. The van der Waals surface area contributed by atoms with Gasteiger partial charge in [0.25, 0.3) is 0 Å². The van der Waals surface area contributed by atoms with Crippen molar-refractivity contribution in [2.45, 2.75) is 18.9 Å². The van der Waals surface area contributed by atoms with E-state index in [1.54, 1.807) is 12.4 Å². The van der Waals surface area contributed by atoms with Crippen molar-refractivity contribution in [3.05, 3.63) is 18.2 Å². The van der Waals surface area contributed by atoms with E-state index in [1.807, 2.05) is 0 Å². The van der Waals surface area contributed by atoms with E-state index in [4.69, 9.17) is 9.84 Å². The first-order valence-corrected chi connectivity index (χ1v) is 6.52. The number of aryl methyl sites for hydroxylation is 1. The summed E-state index contributed by atoms with van der Waals surface area (Å²) in [5.41, 5.74) is 0. The number of H-pyrrole nitrogens is 1. The fourth-order valence-corrected chi connectivity index (χ4v) is 2.04. The first-order valence-electron chi connectivity index (χ1n) is 6.52. The molecule has 110 valence electrons. The molecule has 0 aliphatic carbocycles. The Hall–Kier alpha value is -2.09. The molecule has 3 N–H and O–H groups in total. The number of nitrogens with one attached hydrogen (secondary N) is 2. The Bertz CT molecular complexity index is 448. The lowest BCUT2D eigenvalue weighted by Crippen LogP contribution is -2.55. The minimum atomic E-state index is -1.05. The van der Waals surface area contributed by atoms with E-state index in [0.29, 0.717) is 19.7 Å². The van der Waals surface area contributed by atoms with Crippen molar-refractivity contribution in [1.82, 2.24) is 20.2 Å². The van der Waals surface area contributed by atoms with Gasteiger partial charge in [0.1, 0.15) is 5.82 Å². The average Bonchev–Trinajstić information content (AvgIpc) is 2.96. The van der Waals surface area contributed by atoms with Gasteiger partial charge in [0.2, 0.25) is 0 Å². The summed E-state index contributed by atoms with van der Waals surface area (Å²) in [5, 5.41) is 11.8. The number of aromatic nitrogens is 2. The Morgan fingerprint density at radius 3 is 3.15 bits per heavy atom. The summed E-state index contributed by atoms with van der Waals surface area (Å²) in [5.74, 6) is -0.176. The number of nitrogens with zero attached hydrogens (tertiary/aromatic N) is 2. The van der Waals surface area contributed by atoms with Crippen LogP contribution in [0.4, 0.5) is 4.79 Å². The van der Waals surface area contributed by atoms with E-state index < -0.39 is 12.0 Å². The number of hydrogen-bond donors (Lipinski definition) is 3. The highest BCUT2D eigenvalue weighted by Crippen LogP contribution is 2.07. The summed E-state index contributed by atoms with van der Waals surface area (Å²) < 4.78 is 5.08. The number of imidazole rings is 1. The Morgan fingerprint density at radius 1 is 1.60 bits per heavy atom. The summed E-state index contributed by atoms with van der Waals surface area (Å²) >= 11 is 0. The molecule has 2 heterocycles. The van der Waals surface area contributed by atoms with Crippen LogP contribution in [0.1, 0.15) is 12.2 Å². The zero-order valence-electron chi connectivity index (χ0n) is 11.0. The molecule has 0 bridgehead atoms. The van der Waals surface area contributed by atoms with E-state index in [-0.39, 0.29) is 12.6 Å². The Kier molecular flexibility index (Phi) is 4.94. The van der Waals surface area contributed by atoms with Crippen LogP contribution in [0, 0.1) is 0 Å². The standard InChI is InChI=1S/C12H18N4O4/c17-11(18)9-8-20-7-6-16(9)12(19)15-3-1-2-10-13-4-5-14-10/h4-5,9H,1-3,6-8H2,(H,13,14)(H,15,19)(H,17,18). The van der Waals surface area contributed by atoms with Gasteiger partial charge in [0, 0.05) is 31.9 Å². The number of aliphatic carboxylic acids is 1. The number of ether oxygens (including phenoxy) is 1. The molecule has 0 saturated carbocycles. The first-order chi connectivity index (χ1) is 9.68. The Morgan fingerprint density at radius 2 is 2.45 bits per heavy atom. The topological polar surface area (TPSA) is 108 Å². The normalized spacial score (nSPS) is 18.8. The molecule has 1 fully saturated rings. The lowest BCUT2D eigenvalue weighted by atomic mass is 10.2. The second-order valence-electron chi connectivity index (χ2n) is 4.49. The maximum absolute atomic E-state index is 11.9. The predicted octanol–water partition coefficient (Wildman–Crippen LogP) is -0.163. The second-order valence-corrected chi connectivity index (χ2v) is 4.49. The van der Waals surface area contributed by atoms with E-state index in [0.717, 1.165) is 18.7 Å². The average molecular weight is 282 g/mol. The molecule has 1 saturated heterocycles. The van der Waals surface area contributed by atoms with Gasteiger partial charge in [0.15, 0.2) is 6.04 Å². The number of carbonyl (C=O) groups is 2. The minimum absolute atomic E-state index is 0.0369. The van der Waals surface area contributed by atoms with E-state index >= 15 is 0 Å². The third-order valence-corrected chi connectivity index (χ3v) is 3.10. The molecule has 0 spiro atoms. The molecule has 2 amide bonds. The molecule has 1 aliphatic rings. The fraction of sp³-hybridized carbons (Fsp3) is 0.583. The van der Waals surface area contributed by atoms with Crippen molar-refractivity contribution < 1.29 is 19.4 Å². The van der Waals surface area contributed by atoms with Crippen molar-refractivity contribution in [1.29, 1.82) is 0 Å². The zero-order chi connectivity index (χ0) is 14.4. The molecule has 1 aliphatic heterocycles. The molecule has 1 unspecified atom stereocenters. The van der Waals surface area contributed by atoms with Crippen LogP contribution < -0.4 is 5.32 Å². The lowest BCUT2D eigenvalue weighted by molar-refractivity contribution is -0.147. The summed E-state index contributed by atoms with van der Waals surface area (Å²) in [4.78, 5) is 31.4. The molecule has 1 aromatic heterocycles. The number of hydrogen-bond acceptors (Lipinski definition) is 4. The van der Waals surface area contributed by atoms with Crippen molar-refractivity contribution in [2.75, 3.05) is 26.3 Å². The molecule has 1 aromatic rings. The molecule has 0 radical (unpaired) electrons. The van der Waals surface area contributed by atoms with Crippen LogP contribution >= 0.6 is 0 Å². The first kappa shape index (κ1) is 14.3. The molecular formula is C12H18N4O4. The lowest BCUT2D eigenvalue weighted by Gasteiger charge is -2.32. The summed E-state index contributed by atoms with van der Waals surface area (Å²) in [6.07, 6.45) is 4.90. The van der Waals surface area contributed by atoms with Crippen LogP contribution in [0.5, 0.6) is 0 Å². The second kappa shape index (κ2) is 6.90. The SMILES string of the molecule is O=C(O)C1COCCN1C(=O)NCCCc1ncc[nH]1. The third kappa shape index (κ3) is 3.70. The van der Waals surface area contributed by atoms with Crippen molar-refractivity contribution >= 4 is 12.0 Å². The smallest absolute Gasteiger partial charge is 0.328 e. The summed E-state index contributed by atoms with van der Waals surface area (Å²) in [6.45, 7) is 1.17. The predicted molar refractivity (Wildman–Crippen MR) is 69.3 cm³/mol. The number of carboxylic acid groups (broad SMARTS) is 1. The van der Waals surface area contributed by atoms with E-state index in [2.05, 4.69) is 15.3 Å². The van der Waals surface area contributed by atoms with Gasteiger partial charge >= 0.3 is 12.0 Å². The summed E-state index contributed by atoms with van der Waals surface area (Å²) in [7, 11) is 0. The van der Waals surface area contributed by atoms with Crippen LogP contribution in [0.3, 0.4) is 0 Å². The van der Waals surface area contributed by atoms with Crippen LogP contribution in [-0.2, 0) is 16.0 Å². The van der Waals surface area contributed by atoms with Gasteiger partial charge in [-0.25, -0.2) is 14.6 Å². The van der Waals surface area contributed by atoms with Gasteiger partial charge in [0.05, 0.1) is 13.2 Å². The molecule has 8 heteroatoms. The molecule has 2 rings (SSSR count). The van der Waals surface area contributed by atoms with Gasteiger partial charge in [-0.2, -0.15) is 0 Å². The molecule has 0 aromatic carbocycles. The Balaban J connectivity index is 1.74. The molecule has 1 atom stereocenters. The van der Waals surface area contributed by atoms with E-state index in [9.17, 15) is 9.59 Å². The zero-order valence-corrected chi connectivity index (χ0v) is 11.0.